The molecule has 0 radical (unpaired) electrons. The molecule has 0 aromatic heterocycles. The van der Waals surface area contributed by atoms with Crippen LogP contribution in [0.15, 0.2) is 54.6 Å². The Hall–Kier alpha value is -2.27. The molecule has 0 fully saturated rings. The second kappa shape index (κ2) is 12.3. The van der Waals surface area contributed by atoms with Gasteiger partial charge in [-0.1, -0.05) is 67.1 Å². The second-order valence-corrected chi connectivity index (χ2v) is 8.37. The van der Waals surface area contributed by atoms with E-state index in [0.29, 0.717) is 19.5 Å². The maximum absolute atomic E-state index is 13.0. The quantitative estimate of drug-likeness (QED) is 0.550. The van der Waals surface area contributed by atoms with E-state index in [1.807, 2.05) is 63.2 Å². The van der Waals surface area contributed by atoms with Crippen LogP contribution in [0.5, 0.6) is 0 Å². The van der Waals surface area contributed by atoms with Crippen molar-refractivity contribution in [3.63, 3.8) is 0 Å². The summed E-state index contributed by atoms with van der Waals surface area (Å²) in [6.45, 7) is 6.95. The van der Waals surface area contributed by atoms with Gasteiger partial charge < -0.3 is 10.2 Å². The number of benzene rings is 2. The highest BCUT2D eigenvalue weighted by Crippen LogP contribution is 2.16. The summed E-state index contributed by atoms with van der Waals surface area (Å²) in [7, 11) is 0. The van der Waals surface area contributed by atoms with E-state index in [4.69, 9.17) is 0 Å². The zero-order valence-electron chi connectivity index (χ0n) is 17.7. The van der Waals surface area contributed by atoms with Gasteiger partial charge in [0.15, 0.2) is 0 Å². The van der Waals surface area contributed by atoms with Crippen molar-refractivity contribution in [2.24, 2.45) is 0 Å². The van der Waals surface area contributed by atoms with Crippen LogP contribution in [0.4, 0.5) is 0 Å². The molecule has 2 aromatic rings. The van der Waals surface area contributed by atoms with Gasteiger partial charge in [0.1, 0.15) is 6.04 Å². The molecule has 5 heteroatoms. The zero-order valence-corrected chi connectivity index (χ0v) is 18.5. The topological polar surface area (TPSA) is 49.4 Å². The number of rotatable bonds is 11. The van der Waals surface area contributed by atoms with Crippen molar-refractivity contribution in [2.75, 3.05) is 12.3 Å². The Morgan fingerprint density at radius 2 is 1.72 bits per heavy atom. The van der Waals surface area contributed by atoms with E-state index in [9.17, 15) is 9.59 Å². The number of nitrogens with zero attached hydrogens (tertiary/aromatic N) is 1. The number of carbonyl (C=O) groups excluding carboxylic acids is 2. The van der Waals surface area contributed by atoms with Crippen molar-refractivity contribution in [1.29, 1.82) is 0 Å². The van der Waals surface area contributed by atoms with Gasteiger partial charge in [0, 0.05) is 31.0 Å². The summed E-state index contributed by atoms with van der Waals surface area (Å²) in [5.41, 5.74) is 3.47. The molecule has 0 saturated carbocycles. The molecule has 0 aliphatic carbocycles. The van der Waals surface area contributed by atoms with Crippen LogP contribution in [0.3, 0.4) is 0 Å². The third kappa shape index (κ3) is 7.94. The highest BCUT2D eigenvalue weighted by molar-refractivity contribution is 7.98. The molecular formula is C24H32N2O2S. The van der Waals surface area contributed by atoms with Gasteiger partial charge in [0.2, 0.25) is 11.8 Å². The van der Waals surface area contributed by atoms with E-state index in [1.165, 1.54) is 11.1 Å². The summed E-state index contributed by atoms with van der Waals surface area (Å²) < 4.78 is 0. The van der Waals surface area contributed by atoms with Gasteiger partial charge in [-0.3, -0.25) is 9.59 Å². The molecule has 4 nitrogen and oxygen atoms in total. The van der Waals surface area contributed by atoms with Crippen LogP contribution in [0, 0.1) is 6.92 Å². The number of hydrogen-bond acceptors (Lipinski definition) is 3. The van der Waals surface area contributed by atoms with Gasteiger partial charge in [-0.05, 0) is 31.4 Å². The lowest BCUT2D eigenvalue weighted by atomic mass is 10.1. The number of carbonyl (C=O) groups is 2. The average Bonchev–Trinajstić information content (AvgIpc) is 2.74. The smallest absolute Gasteiger partial charge is 0.242 e. The Kier molecular flexibility index (Phi) is 9.78. The minimum absolute atomic E-state index is 0.0188. The Labute approximate surface area is 179 Å². The normalized spacial score (nSPS) is 11.7. The molecule has 156 valence electrons. The standard InChI is InChI=1S/C24H32N2O2S/c1-4-15-25-24(28)20(3)26(17-21-12-10-19(2)11-13-21)23(27)14-16-29-18-22-8-6-5-7-9-22/h5-13,20H,4,14-18H2,1-3H3,(H,25,28)/t20-/m1/s1. The molecule has 0 heterocycles. The highest BCUT2D eigenvalue weighted by Gasteiger charge is 2.25. The molecule has 29 heavy (non-hydrogen) atoms. The number of hydrogen-bond donors (Lipinski definition) is 1. The molecule has 0 unspecified atom stereocenters. The molecule has 0 spiro atoms. The first-order valence-corrected chi connectivity index (χ1v) is 11.4. The lowest BCUT2D eigenvalue weighted by Gasteiger charge is -2.29. The maximum atomic E-state index is 13.0. The van der Waals surface area contributed by atoms with E-state index in [-0.39, 0.29) is 11.8 Å². The van der Waals surface area contributed by atoms with E-state index >= 15 is 0 Å². The van der Waals surface area contributed by atoms with Gasteiger partial charge in [-0.2, -0.15) is 11.8 Å². The van der Waals surface area contributed by atoms with Crippen LogP contribution in [0.1, 0.15) is 43.4 Å². The fourth-order valence-electron chi connectivity index (χ4n) is 2.94. The SMILES string of the molecule is CCCNC(=O)[C@@H](C)N(Cc1ccc(C)cc1)C(=O)CCSCc1ccccc1. The Bertz CT molecular complexity index is 762. The van der Waals surface area contributed by atoms with Crippen LogP contribution in [-0.4, -0.2) is 35.1 Å². The summed E-state index contributed by atoms with van der Waals surface area (Å²) in [6, 6.07) is 17.9. The van der Waals surface area contributed by atoms with Gasteiger partial charge >= 0.3 is 0 Å². The number of aryl methyl sites for hydroxylation is 1. The molecule has 1 N–H and O–H groups in total. The van der Waals surface area contributed by atoms with Gasteiger partial charge in [0.25, 0.3) is 0 Å². The van der Waals surface area contributed by atoms with Crippen molar-refractivity contribution in [3.8, 4) is 0 Å². The number of amides is 2. The minimum atomic E-state index is -0.491. The largest absolute Gasteiger partial charge is 0.354 e. The van der Waals surface area contributed by atoms with E-state index in [2.05, 4.69) is 17.4 Å². The predicted molar refractivity (Wildman–Crippen MR) is 122 cm³/mol. The second-order valence-electron chi connectivity index (χ2n) is 7.26. The van der Waals surface area contributed by atoms with Crippen LogP contribution in [0.25, 0.3) is 0 Å². The van der Waals surface area contributed by atoms with Crippen molar-refractivity contribution in [1.82, 2.24) is 10.2 Å². The fourth-order valence-corrected chi connectivity index (χ4v) is 3.83. The van der Waals surface area contributed by atoms with Gasteiger partial charge in [-0.25, -0.2) is 0 Å². The van der Waals surface area contributed by atoms with Crippen LogP contribution >= 0.6 is 11.8 Å². The van der Waals surface area contributed by atoms with Crippen molar-refractivity contribution < 1.29 is 9.59 Å². The lowest BCUT2D eigenvalue weighted by molar-refractivity contribution is -0.140. The minimum Gasteiger partial charge on any atom is -0.354 e. The number of thioether (sulfide) groups is 1. The molecular weight excluding hydrogens is 380 g/mol. The van der Waals surface area contributed by atoms with Crippen LogP contribution < -0.4 is 5.32 Å². The van der Waals surface area contributed by atoms with E-state index < -0.39 is 6.04 Å². The van der Waals surface area contributed by atoms with E-state index in [0.717, 1.165) is 23.5 Å². The third-order valence-electron chi connectivity index (χ3n) is 4.76. The molecule has 1 atom stereocenters. The summed E-state index contributed by atoms with van der Waals surface area (Å²) in [4.78, 5) is 27.2. The zero-order chi connectivity index (χ0) is 21.1. The molecule has 0 bridgehead atoms. The summed E-state index contributed by atoms with van der Waals surface area (Å²) in [6.07, 6.45) is 1.30. The van der Waals surface area contributed by atoms with Crippen molar-refractivity contribution in [2.45, 2.75) is 52.0 Å². The van der Waals surface area contributed by atoms with Gasteiger partial charge in [0.05, 0.1) is 0 Å². The van der Waals surface area contributed by atoms with Crippen LogP contribution in [0.2, 0.25) is 0 Å². The van der Waals surface area contributed by atoms with Gasteiger partial charge in [-0.15, -0.1) is 0 Å². The molecule has 2 rings (SSSR count). The molecule has 0 aliphatic heterocycles. The molecule has 0 saturated heterocycles. The maximum Gasteiger partial charge on any atom is 0.242 e. The summed E-state index contributed by atoms with van der Waals surface area (Å²) >= 11 is 1.75. The molecule has 2 amide bonds. The Balaban J connectivity index is 1.97. The highest BCUT2D eigenvalue weighted by atomic mass is 32.2. The lowest BCUT2D eigenvalue weighted by Crippen LogP contribution is -2.47. The first-order valence-electron chi connectivity index (χ1n) is 10.3. The fraction of sp³-hybridized carbons (Fsp3) is 0.417. The number of nitrogens with one attached hydrogen (secondary N) is 1. The first kappa shape index (κ1) is 23.0. The van der Waals surface area contributed by atoms with Crippen molar-refractivity contribution in [3.05, 3.63) is 71.3 Å². The first-order chi connectivity index (χ1) is 14.0. The average molecular weight is 413 g/mol. The Morgan fingerprint density at radius 3 is 2.38 bits per heavy atom. The van der Waals surface area contributed by atoms with Crippen LogP contribution in [-0.2, 0) is 21.9 Å². The van der Waals surface area contributed by atoms with E-state index in [1.54, 1.807) is 16.7 Å². The molecule has 0 aliphatic rings. The van der Waals surface area contributed by atoms with Crippen molar-refractivity contribution >= 4 is 23.6 Å². The third-order valence-corrected chi connectivity index (χ3v) is 5.79. The summed E-state index contributed by atoms with van der Waals surface area (Å²) in [5, 5.41) is 2.91. The predicted octanol–water partition coefficient (Wildman–Crippen LogP) is 4.56. The monoisotopic (exact) mass is 412 g/mol. The molecule has 2 aromatic carbocycles. The summed E-state index contributed by atoms with van der Waals surface area (Å²) in [5.74, 6) is 1.55. The Morgan fingerprint density at radius 1 is 1.03 bits per heavy atom.